The van der Waals surface area contributed by atoms with E-state index in [2.05, 4.69) is 5.32 Å². The summed E-state index contributed by atoms with van der Waals surface area (Å²) < 4.78 is 5.26. The summed E-state index contributed by atoms with van der Waals surface area (Å²) in [6.07, 6.45) is 1.11. The molecule has 0 radical (unpaired) electrons. The summed E-state index contributed by atoms with van der Waals surface area (Å²) in [6.45, 7) is 5.10. The van der Waals surface area contributed by atoms with Crippen LogP contribution in [0.15, 0.2) is 0 Å². The fourth-order valence-corrected chi connectivity index (χ4v) is 2.25. The lowest BCUT2D eigenvalue weighted by Gasteiger charge is -2.36. The summed E-state index contributed by atoms with van der Waals surface area (Å²) in [4.78, 5) is 23.2. The van der Waals surface area contributed by atoms with Crippen LogP contribution >= 0.6 is 0 Å². The minimum absolute atomic E-state index is 0.0646. The zero-order chi connectivity index (χ0) is 14.5. The molecule has 0 aromatic heterocycles. The SMILES string of the molecule is CC(C)C(CC(=O)O)NC(=O)C1(CN)CCOCC1. The van der Waals surface area contributed by atoms with Crippen LogP contribution in [-0.4, -0.2) is 42.8 Å². The van der Waals surface area contributed by atoms with Crippen molar-refractivity contribution in [1.29, 1.82) is 0 Å². The van der Waals surface area contributed by atoms with Crippen LogP contribution in [0.1, 0.15) is 33.1 Å². The molecule has 0 aliphatic carbocycles. The molecule has 0 aromatic rings. The van der Waals surface area contributed by atoms with Crippen LogP contribution in [0.4, 0.5) is 0 Å². The van der Waals surface area contributed by atoms with Gasteiger partial charge in [0, 0.05) is 25.8 Å². The zero-order valence-corrected chi connectivity index (χ0v) is 11.6. The molecule has 0 aromatic carbocycles. The predicted octanol–water partition coefficient (Wildman–Crippen LogP) is 0.357. The maximum atomic E-state index is 12.4. The Labute approximate surface area is 113 Å². The lowest BCUT2D eigenvalue weighted by atomic mass is 9.79. The number of carboxylic acid groups (broad SMARTS) is 1. The van der Waals surface area contributed by atoms with E-state index in [0.29, 0.717) is 26.1 Å². The monoisotopic (exact) mass is 272 g/mol. The van der Waals surface area contributed by atoms with Crippen LogP contribution in [-0.2, 0) is 14.3 Å². The van der Waals surface area contributed by atoms with Gasteiger partial charge in [-0.2, -0.15) is 0 Å². The number of nitrogens with one attached hydrogen (secondary N) is 1. The van der Waals surface area contributed by atoms with Crippen molar-refractivity contribution >= 4 is 11.9 Å². The predicted molar refractivity (Wildman–Crippen MR) is 70.6 cm³/mol. The Bertz CT molecular complexity index is 325. The Morgan fingerprint density at radius 2 is 1.95 bits per heavy atom. The third-order valence-corrected chi connectivity index (χ3v) is 3.84. The fourth-order valence-electron chi connectivity index (χ4n) is 2.25. The molecule has 0 saturated carbocycles. The molecule has 0 bridgehead atoms. The normalized spacial score (nSPS) is 20.0. The standard InChI is InChI=1S/C13H24N2O4/c1-9(2)10(7-11(16)17)15-12(18)13(8-14)3-5-19-6-4-13/h9-10H,3-8,14H2,1-2H3,(H,15,18)(H,16,17). The molecule has 1 unspecified atom stereocenters. The van der Waals surface area contributed by atoms with Gasteiger partial charge in [-0.15, -0.1) is 0 Å². The maximum absolute atomic E-state index is 12.4. The number of amides is 1. The minimum atomic E-state index is -0.909. The average Bonchev–Trinajstić information content (AvgIpc) is 2.38. The van der Waals surface area contributed by atoms with Gasteiger partial charge < -0.3 is 20.9 Å². The van der Waals surface area contributed by atoms with Gasteiger partial charge in [-0.25, -0.2) is 0 Å². The molecule has 110 valence electrons. The molecule has 1 amide bonds. The van der Waals surface area contributed by atoms with E-state index >= 15 is 0 Å². The summed E-state index contributed by atoms with van der Waals surface area (Å²) in [5, 5.41) is 11.7. The van der Waals surface area contributed by atoms with E-state index in [9.17, 15) is 9.59 Å². The smallest absolute Gasteiger partial charge is 0.305 e. The van der Waals surface area contributed by atoms with E-state index in [1.165, 1.54) is 0 Å². The highest BCUT2D eigenvalue weighted by Crippen LogP contribution is 2.30. The van der Waals surface area contributed by atoms with Crippen molar-refractivity contribution in [3.63, 3.8) is 0 Å². The van der Waals surface area contributed by atoms with Crippen molar-refractivity contribution in [3.8, 4) is 0 Å². The maximum Gasteiger partial charge on any atom is 0.305 e. The quantitative estimate of drug-likeness (QED) is 0.648. The van der Waals surface area contributed by atoms with Gasteiger partial charge in [-0.3, -0.25) is 9.59 Å². The second kappa shape index (κ2) is 6.86. The number of ether oxygens (including phenoxy) is 1. The third-order valence-electron chi connectivity index (χ3n) is 3.84. The Morgan fingerprint density at radius 3 is 2.37 bits per heavy atom. The largest absolute Gasteiger partial charge is 0.481 e. The first-order valence-corrected chi connectivity index (χ1v) is 6.72. The molecule has 1 heterocycles. The summed E-state index contributed by atoms with van der Waals surface area (Å²) in [7, 11) is 0. The van der Waals surface area contributed by atoms with E-state index in [0.717, 1.165) is 0 Å². The van der Waals surface area contributed by atoms with E-state index in [4.69, 9.17) is 15.6 Å². The van der Waals surface area contributed by atoms with E-state index < -0.39 is 11.4 Å². The summed E-state index contributed by atoms with van der Waals surface area (Å²) in [5.74, 6) is -0.985. The van der Waals surface area contributed by atoms with Gasteiger partial charge in [-0.1, -0.05) is 13.8 Å². The van der Waals surface area contributed by atoms with Gasteiger partial charge in [0.15, 0.2) is 0 Å². The van der Waals surface area contributed by atoms with Gasteiger partial charge >= 0.3 is 5.97 Å². The first kappa shape index (κ1) is 15.9. The van der Waals surface area contributed by atoms with Gasteiger partial charge in [0.1, 0.15) is 0 Å². The summed E-state index contributed by atoms with van der Waals surface area (Å²) in [6, 6.07) is -0.365. The molecule has 6 nitrogen and oxygen atoms in total. The topological polar surface area (TPSA) is 102 Å². The minimum Gasteiger partial charge on any atom is -0.481 e. The van der Waals surface area contributed by atoms with E-state index in [1.54, 1.807) is 0 Å². The Morgan fingerprint density at radius 1 is 1.37 bits per heavy atom. The fraction of sp³-hybridized carbons (Fsp3) is 0.846. The van der Waals surface area contributed by atoms with Crippen molar-refractivity contribution in [2.24, 2.45) is 17.1 Å². The van der Waals surface area contributed by atoms with Crippen LogP contribution < -0.4 is 11.1 Å². The molecule has 1 atom stereocenters. The summed E-state index contributed by atoms with van der Waals surface area (Å²) in [5.41, 5.74) is 5.15. The van der Waals surface area contributed by atoms with Crippen molar-refractivity contribution < 1.29 is 19.4 Å². The van der Waals surface area contributed by atoms with Gasteiger partial charge in [0.2, 0.25) is 5.91 Å². The molecule has 1 fully saturated rings. The van der Waals surface area contributed by atoms with Crippen LogP contribution in [0.3, 0.4) is 0 Å². The lowest BCUT2D eigenvalue weighted by Crippen LogP contribution is -2.53. The number of hydrogen-bond acceptors (Lipinski definition) is 4. The number of rotatable bonds is 6. The molecule has 6 heteroatoms. The average molecular weight is 272 g/mol. The Balaban J connectivity index is 2.71. The third kappa shape index (κ3) is 4.18. The highest BCUT2D eigenvalue weighted by Gasteiger charge is 2.39. The Kier molecular flexibility index (Phi) is 5.75. The number of carbonyl (C=O) groups excluding carboxylic acids is 1. The molecule has 4 N–H and O–H groups in total. The lowest BCUT2D eigenvalue weighted by molar-refractivity contribution is -0.140. The number of carboxylic acids is 1. The van der Waals surface area contributed by atoms with Crippen LogP contribution in [0.2, 0.25) is 0 Å². The van der Waals surface area contributed by atoms with Crippen molar-refractivity contribution in [1.82, 2.24) is 5.32 Å². The molecular formula is C13H24N2O4. The van der Waals surface area contributed by atoms with Crippen LogP contribution in [0.5, 0.6) is 0 Å². The molecule has 19 heavy (non-hydrogen) atoms. The summed E-state index contributed by atoms with van der Waals surface area (Å²) >= 11 is 0. The molecule has 0 spiro atoms. The molecule has 1 aliphatic heterocycles. The van der Waals surface area contributed by atoms with Crippen molar-refractivity contribution in [2.45, 2.75) is 39.2 Å². The highest BCUT2D eigenvalue weighted by atomic mass is 16.5. The van der Waals surface area contributed by atoms with E-state index in [-0.39, 0.29) is 30.8 Å². The molecule has 1 saturated heterocycles. The van der Waals surface area contributed by atoms with E-state index in [1.807, 2.05) is 13.8 Å². The first-order valence-electron chi connectivity index (χ1n) is 6.72. The molecule has 1 aliphatic rings. The Hall–Kier alpha value is -1.14. The van der Waals surface area contributed by atoms with Gasteiger partial charge in [0.25, 0.3) is 0 Å². The zero-order valence-electron chi connectivity index (χ0n) is 11.6. The number of aliphatic carboxylic acids is 1. The number of carbonyl (C=O) groups is 2. The highest BCUT2D eigenvalue weighted by molar-refractivity contribution is 5.84. The first-order chi connectivity index (χ1) is 8.91. The number of hydrogen-bond donors (Lipinski definition) is 3. The second-order valence-electron chi connectivity index (χ2n) is 5.52. The van der Waals surface area contributed by atoms with Gasteiger partial charge in [0.05, 0.1) is 11.8 Å². The van der Waals surface area contributed by atoms with Crippen molar-refractivity contribution in [3.05, 3.63) is 0 Å². The number of nitrogens with two attached hydrogens (primary N) is 1. The molecule has 1 rings (SSSR count). The van der Waals surface area contributed by atoms with Crippen LogP contribution in [0.25, 0.3) is 0 Å². The molecular weight excluding hydrogens is 248 g/mol. The van der Waals surface area contributed by atoms with Gasteiger partial charge in [-0.05, 0) is 18.8 Å². The van der Waals surface area contributed by atoms with Crippen molar-refractivity contribution in [2.75, 3.05) is 19.8 Å². The van der Waals surface area contributed by atoms with Crippen LogP contribution in [0, 0.1) is 11.3 Å². The second-order valence-corrected chi connectivity index (χ2v) is 5.52.